The second-order valence-electron chi connectivity index (χ2n) is 6.16. The Bertz CT molecular complexity index is 614. The number of hydrogen-bond acceptors (Lipinski definition) is 2. The van der Waals surface area contributed by atoms with E-state index in [0.717, 1.165) is 12.0 Å². The molecule has 1 saturated heterocycles. The zero-order chi connectivity index (χ0) is 16.0. The van der Waals surface area contributed by atoms with Crippen LogP contribution in [0.1, 0.15) is 31.2 Å². The molecule has 4 unspecified atom stereocenters. The highest BCUT2D eigenvalue weighted by Gasteiger charge is 2.49. The number of halogens is 2. The maximum atomic E-state index is 12.6. The first-order valence-electron chi connectivity index (χ1n) is 7.37. The number of carboxylic acid groups (broad SMARTS) is 1. The lowest BCUT2D eigenvalue weighted by Gasteiger charge is -2.23. The van der Waals surface area contributed by atoms with Crippen LogP contribution in [-0.2, 0) is 9.59 Å². The molecule has 1 amide bonds. The largest absolute Gasteiger partial charge is 0.481 e. The summed E-state index contributed by atoms with van der Waals surface area (Å²) in [7, 11) is 0. The summed E-state index contributed by atoms with van der Waals surface area (Å²) < 4.78 is 0. The van der Waals surface area contributed by atoms with Crippen LogP contribution in [0.5, 0.6) is 0 Å². The maximum absolute atomic E-state index is 12.6. The Morgan fingerprint density at radius 1 is 1.18 bits per heavy atom. The quantitative estimate of drug-likeness (QED) is 0.916. The predicted octanol–water partition coefficient (Wildman–Crippen LogP) is 3.42. The van der Waals surface area contributed by atoms with Crippen molar-refractivity contribution in [1.82, 2.24) is 4.90 Å². The van der Waals surface area contributed by atoms with E-state index in [9.17, 15) is 9.59 Å². The molecule has 22 heavy (non-hydrogen) atoms. The van der Waals surface area contributed by atoms with Crippen molar-refractivity contribution in [3.63, 3.8) is 0 Å². The van der Waals surface area contributed by atoms with E-state index in [1.165, 1.54) is 0 Å². The molecule has 3 rings (SSSR count). The molecule has 4 nitrogen and oxygen atoms in total. The summed E-state index contributed by atoms with van der Waals surface area (Å²) in [6.07, 6.45) is 1.30. The fraction of sp³-hybridized carbons (Fsp3) is 0.500. The highest BCUT2D eigenvalue weighted by Crippen LogP contribution is 2.50. The van der Waals surface area contributed by atoms with Gasteiger partial charge in [-0.1, -0.05) is 23.2 Å². The van der Waals surface area contributed by atoms with Crippen molar-refractivity contribution in [1.29, 1.82) is 0 Å². The molecule has 6 heteroatoms. The number of carbonyl (C=O) groups excluding carboxylic acids is 1. The maximum Gasteiger partial charge on any atom is 0.308 e. The summed E-state index contributed by atoms with van der Waals surface area (Å²) in [6, 6.07) is 5.12. The van der Waals surface area contributed by atoms with Crippen LogP contribution in [0.3, 0.4) is 0 Å². The fourth-order valence-electron chi connectivity index (χ4n) is 3.42. The van der Waals surface area contributed by atoms with Gasteiger partial charge in [0.1, 0.15) is 0 Å². The van der Waals surface area contributed by atoms with Crippen molar-refractivity contribution < 1.29 is 14.7 Å². The van der Waals surface area contributed by atoms with E-state index >= 15 is 0 Å². The molecule has 1 saturated carbocycles. The standard InChI is InChI=1S/C16H17Cl2NO3/c1-8-12(16(21)22)2-3-19(8)15(20)14-7-13(14)9-4-10(17)6-11(18)5-9/h4-6,8,12-14H,2-3,7H2,1H3,(H,21,22). The summed E-state index contributed by atoms with van der Waals surface area (Å²) in [6.45, 7) is 2.34. The van der Waals surface area contributed by atoms with Crippen LogP contribution < -0.4 is 0 Å². The van der Waals surface area contributed by atoms with Crippen molar-refractivity contribution in [3.05, 3.63) is 33.8 Å². The van der Waals surface area contributed by atoms with Gasteiger partial charge >= 0.3 is 5.97 Å². The molecular formula is C16H17Cl2NO3. The molecule has 1 aromatic rings. The van der Waals surface area contributed by atoms with Crippen LogP contribution in [0.2, 0.25) is 10.0 Å². The number of likely N-dealkylation sites (tertiary alicyclic amines) is 1. The highest BCUT2D eigenvalue weighted by atomic mass is 35.5. The van der Waals surface area contributed by atoms with Gasteiger partial charge < -0.3 is 10.0 Å². The third-order valence-electron chi connectivity index (χ3n) is 4.78. The van der Waals surface area contributed by atoms with Gasteiger partial charge in [0.25, 0.3) is 0 Å². The number of hydrogen-bond donors (Lipinski definition) is 1. The Kier molecular flexibility index (Phi) is 4.08. The molecule has 1 aliphatic heterocycles. The molecule has 0 spiro atoms. The van der Waals surface area contributed by atoms with Gasteiger partial charge in [-0.2, -0.15) is 0 Å². The third kappa shape index (κ3) is 2.82. The van der Waals surface area contributed by atoms with Crippen molar-refractivity contribution in [3.8, 4) is 0 Å². The summed E-state index contributed by atoms with van der Waals surface area (Å²) in [5, 5.41) is 10.3. The van der Waals surface area contributed by atoms with Crippen molar-refractivity contribution >= 4 is 35.1 Å². The van der Waals surface area contributed by atoms with Gasteiger partial charge in [-0.15, -0.1) is 0 Å². The van der Waals surface area contributed by atoms with E-state index in [0.29, 0.717) is 23.0 Å². The van der Waals surface area contributed by atoms with Gasteiger partial charge in [-0.3, -0.25) is 9.59 Å². The number of nitrogens with zero attached hydrogens (tertiary/aromatic N) is 1. The molecule has 0 aromatic heterocycles. The second-order valence-corrected chi connectivity index (χ2v) is 7.03. The molecule has 2 fully saturated rings. The van der Waals surface area contributed by atoms with E-state index in [1.807, 2.05) is 19.1 Å². The van der Waals surface area contributed by atoms with E-state index in [1.54, 1.807) is 11.0 Å². The molecule has 1 aliphatic carbocycles. The van der Waals surface area contributed by atoms with Gasteiger partial charge in [0.15, 0.2) is 0 Å². The Hall–Kier alpha value is -1.26. The van der Waals surface area contributed by atoms with Crippen molar-refractivity contribution in [2.75, 3.05) is 6.54 Å². The zero-order valence-corrected chi connectivity index (χ0v) is 13.6. The van der Waals surface area contributed by atoms with E-state index in [4.69, 9.17) is 28.3 Å². The molecule has 1 N–H and O–H groups in total. The van der Waals surface area contributed by atoms with Crippen LogP contribution in [0.4, 0.5) is 0 Å². The fourth-order valence-corrected chi connectivity index (χ4v) is 3.96. The minimum Gasteiger partial charge on any atom is -0.481 e. The van der Waals surface area contributed by atoms with Crippen LogP contribution in [0.25, 0.3) is 0 Å². The first kappa shape index (κ1) is 15.6. The summed E-state index contributed by atoms with van der Waals surface area (Å²) in [4.78, 5) is 25.5. The monoisotopic (exact) mass is 341 g/mol. The second kappa shape index (κ2) is 5.74. The summed E-state index contributed by atoms with van der Waals surface area (Å²) in [5.41, 5.74) is 0.984. The Balaban J connectivity index is 1.69. The van der Waals surface area contributed by atoms with Crippen molar-refractivity contribution in [2.45, 2.75) is 31.7 Å². The van der Waals surface area contributed by atoms with Crippen LogP contribution in [-0.4, -0.2) is 34.5 Å². The van der Waals surface area contributed by atoms with Gasteiger partial charge in [-0.05, 0) is 49.4 Å². The first-order valence-corrected chi connectivity index (χ1v) is 8.13. The molecule has 2 aliphatic rings. The number of rotatable bonds is 3. The van der Waals surface area contributed by atoms with Crippen LogP contribution in [0.15, 0.2) is 18.2 Å². The van der Waals surface area contributed by atoms with Gasteiger partial charge in [0, 0.05) is 28.5 Å². The molecule has 0 radical (unpaired) electrons. The average Bonchev–Trinajstić information content (AvgIpc) is 3.13. The first-order chi connectivity index (χ1) is 10.4. The topological polar surface area (TPSA) is 57.6 Å². The lowest BCUT2D eigenvalue weighted by molar-refractivity contribution is -0.143. The van der Waals surface area contributed by atoms with Crippen LogP contribution >= 0.6 is 23.2 Å². The smallest absolute Gasteiger partial charge is 0.308 e. The minimum absolute atomic E-state index is 0.0531. The third-order valence-corrected chi connectivity index (χ3v) is 5.21. The Labute approximate surface area is 139 Å². The number of aliphatic carboxylic acids is 1. The number of amides is 1. The summed E-state index contributed by atoms with van der Waals surface area (Å²) in [5.74, 6) is -1.17. The zero-order valence-electron chi connectivity index (χ0n) is 12.1. The lowest BCUT2D eigenvalue weighted by atomic mass is 10.0. The van der Waals surface area contributed by atoms with Crippen molar-refractivity contribution in [2.24, 2.45) is 11.8 Å². The van der Waals surface area contributed by atoms with Gasteiger partial charge in [0.05, 0.1) is 5.92 Å². The molecule has 118 valence electrons. The SMILES string of the molecule is CC1C(C(=O)O)CCN1C(=O)C1CC1c1cc(Cl)cc(Cl)c1. The molecule has 1 aromatic carbocycles. The normalized spacial score (nSPS) is 30.4. The van der Waals surface area contributed by atoms with E-state index in [-0.39, 0.29) is 23.8 Å². The summed E-state index contributed by atoms with van der Waals surface area (Å²) >= 11 is 12.0. The Morgan fingerprint density at radius 3 is 2.36 bits per heavy atom. The van der Waals surface area contributed by atoms with Gasteiger partial charge in [0.2, 0.25) is 5.91 Å². The van der Waals surface area contributed by atoms with Crippen LogP contribution in [0, 0.1) is 11.8 Å². The number of carbonyl (C=O) groups is 2. The lowest BCUT2D eigenvalue weighted by Crippen LogP contribution is -2.38. The Morgan fingerprint density at radius 2 is 1.82 bits per heavy atom. The minimum atomic E-state index is -0.822. The molecule has 0 bridgehead atoms. The molecular weight excluding hydrogens is 325 g/mol. The van der Waals surface area contributed by atoms with E-state index < -0.39 is 11.9 Å². The molecule has 4 atom stereocenters. The molecule has 1 heterocycles. The average molecular weight is 342 g/mol. The van der Waals surface area contributed by atoms with Gasteiger partial charge in [-0.25, -0.2) is 0 Å². The van der Waals surface area contributed by atoms with E-state index in [2.05, 4.69) is 0 Å². The predicted molar refractivity (Wildman–Crippen MR) is 84.2 cm³/mol. The highest BCUT2D eigenvalue weighted by molar-refractivity contribution is 6.34. The number of benzene rings is 1. The number of carboxylic acids is 1.